The van der Waals surface area contributed by atoms with E-state index in [0.29, 0.717) is 6.54 Å². The van der Waals surface area contributed by atoms with Crippen LogP contribution in [0.15, 0.2) is 53.5 Å². The minimum Gasteiger partial charge on any atom is -0.384 e. The van der Waals surface area contributed by atoms with Crippen molar-refractivity contribution in [3.05, 3.63) is 71.4 Å². The molecule has 1 N–H and O–H groups in total. The standard InChI is InChI=1S/C16H17N3O2/c1-2-15-14(11-21-18-15)10-19-9-13(8-17-19)16(20)12-6-4-3-5-7-12/h3-9,11,16,20H,2,10H2,1H3. The van der Waals surface area contributed by atoms with Crippen molar-refractivity contribution in [2.75, 3.05) is 0 Å². The van der Waals surface area contributed by atoms with E-state index in [4.69, 9.17) is 4.52 Å². The van der Waals surface area contributed by atoms with Crippen molar-refractivity contribution in [1.82, 2.24) is 14.9 Å². The van der Waals surface area contributed by atoms with Gasteiger partial charge in [0.05, 0.1) is 18.4 Å². The first-order valence-electron chi connectivity index (χ1n) is 6.95. The summed E-state index contributed by atoms with van der Waals surface area (Å²) in [4.78, 5) is 0. The summed E-state index contributed by atoms with van der Waals surface area (Å²) < 4.78 is 6.78. The van der Waals surface area contributed by atoms with Crippen molar-refractivity contribution in [2.24, 2.45) is 0 Å². The van der Waals surface area contributed by atoms with Crippen LogP contribution in [0.1, 0.15) is 35.4 Å². The molecule has 5 heteroatoms. The van der Waals surface area contributed by atoms with Crippen LogP contribution in [0.25, 0.3) is 0 Å². The van der Waals surface area contributed by atoms with Gasteiger partial charge in [-0.15, -0.1) is 0 Å². The number of aryl methyl sites for hydroxylation is 1. The molecule has 1 atom stereocenters. The fourth-order valence-electron chi connectivity index (χ4n) is 2.31. The molecule has 0 amide bonds. The van der Waals surface area contributed by atoms with E-state index in [1.54, 1.807) is 17.1 Å². The first kappa shape index (κ1) is 13.6. The predicted molar refractivity (Wildman–Crippen MR) is 77.7 cm³/mol. The molecule has 2 heterocycles. The Morgan fingerprint density at radius 2 is 2.05 bits per heavy atom. The number of nitrogens with zero attached hydrogens (tertiary/aromatic N) is 3. The maximum atomic E-state index is 10.3. The Kier molecular flexibility index (Phi) is 3.83. The van der Waals surface area contributed by atoms with Crippen LogP contribution < -0.4 is 0 Å². The molecule has 1 unspecified atom stereocenters. The molecule has 21 heavy (non-hydrogen) atoms. The van der Waals surface area contributed by atoms with Gasteiger partial charge in [0.15, 0.2) is 0 Å². The molecule has 0 aliphatic carbocycles. The third kappa shape index (κ3) is 2.87. The van der Waals surface area contributed by atoms with Crippen molar-refractivity contribution < 1.29 is 9.63 Å². The van der Waals surface area contributed by atoms with Crippen LogP contribution in [0.2, 0.25) is 0 Å². The minimum absolute atomic E-state index is 0.591. The van der Waals surface area contributed by atoms with Crippen molar-refractivity contribution in [3.8, 4) is 0 Å². The van der Waals surface area contributed by atoms with Gasteiger partial charge in [-0.2, -0.15) is 5.10 Å². The van der Waals surface area contributed by atoms with E-state index >= 15 is 0 Å². The van der Waals surface area contributed by atoms with Gasteiger partial charge in [0.2, 0.25) is 0 Å². The second-order valence-corrected chi connectivity index (χ2v) is 4.92. The Bertz CT molecular complexity index is 703. The summed E-state index contributed by atoms with van der Waals surface area (Å²) in [6.45, 7) is 2.63. The van der Waals surface area contributed by atoms with Crippen LogP contribution in [0.3, 0.4) is 0 Å². The highest BCUT2D eigenvalue weighted by atomic mass is 16.5. The van der Waals surface area contributed by atoms with Crippen LogP contribution in [0.4, 0.5) is 0 Å². The third-order valence-corrected chi connectivity index (χ3v) is 3.48. The Balaban J connectivity index is 1.77. The van der Waals surface area contributed by atoms with Crippen molar-refractivity contribution >= 4 is 0 Å². The van der Waals surface area contributed by atoms with Gasteiger partial charge < -0.3 is 9.63 Å². The number of rotatable bonds is 5. The number of aliphatic hydroxyl groups is 1. The molecule has 0 saturated heterocycles. The molecule has 2 aromatic heterocycles. The molecule has 0 radical (unpaired) electrons. The zero-order valence-corrected chi connectivity index (χ0v) is 11.8. The van der Waals surface area contributed by atoms with Gasteiger partial charge >= 0.3 is 0 Å². The summed E-state index contributed by atoms with van der Waals surface area (Å²) in [5, 5.41) is 18.6. The molecule has 5 nitrogen and oxygen atoms in total. The van der Waals surface area contributed by atoms with Gasteiger partial charge in [0.1, 0.15) is 12.4 Å². The highest BCUT2D eigenvalue weighted by Gasteiger charge is 2.13. The molecule has 0 aliphatic rings. The molecule has 0 saturated carbocycles. The van der Waals surface area contributed by atoms with Crippen LogP contribution in [-0.4, -0.2) is 20.0 Å². The quantitative estimate of drug-likeness (QED) is 0.781. The fraction of sp³-hybridized carbons (Fsp3) is 0.250. The van der Waals surface area contributed by atoms with Crippen molar-refractivity contribution in [3.63, 3.8) is 0 Å². The Morgan fingerprint density at radius 3 is 2.81 bits per heavy atom. The van der Waals surface area contributed by atoms with E-state index in [0.717, 1.165) is 28.8 Å². The number of hydrogen-bond acceptors (Lipinski definition) is 4. The highest BCUT2D eigenvalue weighted by molar-refractivity contribution is 5.27. The van der Waals surface area contributed by atoms with Crippen LogP contribution in [0, 0.1) is 0 Å². The van der Waals surface area contributed by atoms with Crippen LogP contribution in [-0.2, 0) is 13.0 Å². The van der Waals surface area contributed by atoms with Crippen LogP contribution >= 0.6 is 0 Å². The van der Waals surface area contributed by atoms with E-state index in [-0.39, 0.29) is 0 Å². The largest absolute Gasteiger partial charge is 0.384 e. The topological polar surface area (TPSA) is 64.1 Å². The number of aliphatic hydroxyl groups excluding tert-OH is 1. The zero-order valence-electron chi connectivity index (χ0n) is 11.8. The molecule has 0 spiro atoms. The monoisotopic (exact) mass is 283 g/mol. The zero-order chi connectivity index (χ0) is 14.7. The van der Waals surface area contributed by atoms with Gasteiger partial charge in [-0.3, -0.25) is 4.68 Å². The second-order valence-electron chi connectivity index (χ2n) is 4.92. The Hall–Kier alpha value is -2.40. The van der Waals surface area contributed by atoms with Gasteiger partial charge in [-0.25, -0.2) is 0 Å². The molecule has 0 bridgehead atoms. The Labute approximate surface area is 122 Å². The lowest BCUT2D eigenvalue weighted by atomic mass is 10.1. The van der Waals surface area contributed by atoms with E-state index in [1.807, 2.05) is 43.5 Å². The second kappa shape index (κ2) is 5.93. The van der Waals surface area contributed by atoms with E-state index < -0.39 is 6.10 Å². The first-order valence-corrected chi connectivity index (χ1v) is 6.95. The summed E-state index contributed by atoms with van der Waals surface area (Å²) in [6.07, 6.45) is 5.36. The lowest BCUT2D eigenvalue weighted by molar-refractivity contribution is 0.220. The van der Waals surface area contributed by atoms with Crippen molar-refractivity contribution in [1.29, 1.82) is 0 Å². The maximum absolute atomic E-state index is 10.3. The first-order chi connectivity index (χ1) is 10.3. The average Bonchev–Trinajstić information content (AvgIpc) is 3.17. The summed E-state index contributed by atoms with van der Waals surface area (Å²) in [6, 6.07) is 9.55. The van der Waals surface area contributed by atoms with Crippen LogP contribution in [0.5, 0.6) is 0 Å². The van der Waals surface area contributed by atoms with Gasteiger partial charge in [-0.1, -0.05) is 42.4 Å². The van der Waals surface area contributed by atoms with E-state index in [2.05, 4.69) is 10.3 Å². The number of aromatic nitrogens is 3. The van der Waals surface area contributed by atoms with Gasteiger partial charge in [0.25, 0.3) is 0 Å². The van der Waals surface area contributed by atoms with E-state index in [9.17, 15) is 5.11 Å². The summed E-state index contributed by atoms with van der Waals surface area (Å²) in [5.74, 6) is 0. The maximum Gasteiger partial charge on any atom is 0.129 e. The SMILES string of the molecule is CCc1nocc1Cn1cc(C(O)c2ccccc2)cn1. The molecule has 0 fully saturated rings. The van der Waals surface area contributed by atoms with Gasteiger partial charge in [0, 0.05) is 17.3 Å². The third-order valence-electron chi connectivity index (χ3n) is 3.48. The molecule has 3 rings (SSSR count). The molecule has 108 valence electrons. The lowest BCUT2D eigenvalue weighted by Crippen LogP contribution is -2.02. The number of hydrogen-bond donors (Lipinski definition) is 1. The van der Waals surface area contributed by atoms with Gasteiger partial charge in [-0.05, 0) is 12.0 Å². The predicted octanol–water partition coefficient (Wildman–Crippen LogP) is 2.56. The highest BCUT2D eigenvalue weighted by Crippen LogP contribution is 2.21. The summed E-state index contributed by atoms with van der Waals surface area (Å²) in [7, 11) is 0. The normalized spacial score (nSPS) is 12.5. The Morgan fingerprint density at radius 1 is 1.24 bits per heavy atom. The lowest BCUT2D eigenvalue weighted by Gasteiger charge is -2.07. The van der Waals surface area contributed by atoms with Crippen molar-refractivity contribution in [2.45, 2.75) is 26.0 Å². The summed E-state index contributed by atoms with van der Waals surface area (Å²) >= 11 is 0. The molecule has 3 aromatic rings. The fourth-order valence-corrected chi connectivity index (χ4v) is 2.31. The van der Waals surface area contributed by atoms with E-state index in [1.165, 1.54) is 0 Å². The summed E-state index contributed by atoms with van der Waals surface area (Å²) in [5.41, 5.74) is 3.59. The molecule has 0 aliphatic heterocycles. The minimum atomic E-state index is -0.659. The molecule has 1 aromatic carbocycles. The number of benzene rings is 1. The smallest absolute Gasteiger partial charge is 0.129 e. The molecular formula is C16H17N3O2. The molecular weight excluding hydrogens is 266 g/mol. The average molecular weight is 283 g/mol.